The lowest BCUT2D eigenvalue weighted by atomic mass is 10.1. The van der Waals surface area contributed by atoms with Crippen LogP contribution in [-0.4, -0.2) is 30.3 Å². The van der Waals surface area contributed by atoms with Gasteiger partial charge >= 0.3 is 0 Å². The molecule has 0 aromatic carbocycles. The van der Waals surface area contributed by atoms with Crippen LogP contribution in [0.3, 0.4) is 0 Å². The van der Waals surface area contributed by atoms with Crippen molar-refractivity contribution >= 4 is 23.4 Å². The average molecular weight is 191 g/mol. The van der Waals surface area contributed by atoms with Crippen LogP contribution < -0.4 is 10.6 Å². The summed E-state index contributed by atoms with van der Waals surface area (Å²) in [5, 5.41) is 5.37. The molecule has 0 spiro atoms. The Balaban J connectivity index is 2.26. The van der Waals surface area contributed by atoms with Crippen LogP contribution in [0.5, 0.6) is 0 Å². The van der Waals surface area contributed by atoms with Gasteiger partial charge in [-0.1, -0.05) is 0 Å². The third kappa shape index (κ3) is 2.70. The number of nitrogens with one attached hydrogen (secondary N) is 2. The molecule has 0 saturated carbocycles. The van der Waals surface area contributed by atoms with Crippen molar-refractivity contribution in [1.82, 2.24) is 10.6 Å². The highest BCUT2D eigenvalue weighted by Crippen LogP contribution is 2.02. The number of hydrogen-bond acceptors (Lipinski definition) is 2. The van der Waals surface area contributed by atoms with Gasteiger partial charge in [0.05, 0.1) is 0 Å². The van der Waals surface area contributed by atoms with Gasteiger partial charge in [-0.05, 0) is 6.42 Å². The number of amides is 2. The second kappa shape index (κ2) is 4.30. The van der Waals surface area contributed by atoms with Crippen LogP contribution in [0.15, 0.2) is 0 Å². The lowest BCUT2D eigenvalue weighted by Gasteiger charge is -2.22. The minimum absolute atomic E-state index is 0.0234. The van der Waals surface area contributed by atoms with E-state index >= 15 is 0 Å². The first kappa shape index (κ1) is 9.32. The van der Waals surface area contributed by atoms with Gasteiger partial charge in [-0.15, -0.1) is 11.6 Å². The van der Waals surface area contributed by atoms with E-state index in [4.69, 9.17) is 11.6 Å². The van der Waals surface area contributed by atoms with E-state index in [-0.39, 0.29) is 23.7 Å². The van der Waals surface area contributed by atoms with Gasteiger partial charge in [0, 0.05) is 19.0 Å². The molecule has 1 aliphatic heterocycles. The van der Waals surface area contributed by atoms with Gasteiger partial charge < -0.3 is 10.6 Å². The molecule has 1 unspecified atom stereocenters. The Bertz CT molecular complexity index is 186. The van der Waals surface area contributed by atoms with E-state index in [9.17, 15) is 9.59 Å². The number of carbonyl (C=O) groups is 2. The lowest BCUT2D eigenvalue weighted by molar-refractivity contribution is -0.124. The molecule has 1 saturated heterocycles. The van der Waals surface area contributed by atoms with Crippen LogP contribution in [0.25, 0.3) is 0 Å². The van der Waals surface area contributed by atoms with Crippen LogP contribution in [0.1, 0.15) is 12.8 Å². The number of piperidine rings is 1. The monoisotopic (exact) mass is 190 g/mol. The zero-order valence-corrected chi connectivity index (χ0v) is 7.36. The third-order valence-electron chi connectivity index (χ3n) is 1.75. The maximum absolute atomic E-state index is 10.8. The Kier molecular flexibility index (Phi) is 3.34. The molecule has 0 aromatic heterocycles. The minimum atomic E-state index is -0.183. The zero-order chi connectivity index (χ0) is 8.97. The van der Waals surface area contributed by atoms with Crippen LogP contribution in [0, 0.1) is 0 Å². The van der Waals surface area contributed by atoms with Crippen LogP contribution in [-0.2, 0) is 9.59 Å². The average Bonchev–Trinajstić information content (AvgIpc) is 2.09. The molecular weight excluding hydrogens is 180 g/mol. The predicted octanol–water partition coefficient (Wildman–Crippen LogP) is -0.380. The van der Waals surface area contributed by atoms with Crippen LogP contribution in [0.2, 0.25) is 0 Å². The minimum Gasteiger partial charge on any atom is -0.354 e. The third-order valence-corrected chi connectivity index (χ3v) is 1.99. The quantitative estimate of drug-likeness (QED) is 0.584. The molecule has 0 aliphatic carbocycles. The van der Waals surface area contributed by atoms with Crippen molar-refractivity contribution in [2.75, 3.05) is 12.4 Å². The Morgan fingerprint density at radius 2 is 2.50 bits per heavy atom. The van der Waals surface area contributed by atoms with Crippen LogP contribution in [0.4, 0.5) is 0 Å². The van der Waals surface area contributed by atoms with E-state index in [1.165, 1.54) is 0 Å². The predicted molar refractivity (Wildman–Crippen MR) is 44.9 cm³/mol. The first-order valence-electron chi connectivity index (χ1n) is 3.84. The summed E-state index contributed by atoms with van der Waals surface area (Å²) in [5.74, 6) is -0.158. The Morgan fingerprint density at radius 3 is 3.00 bits per heavy atom. The molecule has 68 valence electrons. The Hall–Kier alpha value is -0.770. The Morgan fingerprint density at radius 1 is 1.75 bits per heavy atom. The molecule has 4 nitrogen and oxygen atoms in total. The van der Waals surface area contributed by atoms with Crippen molar-refractivity contribution in [2.45, 2.75) is 18.9 Å². The van der Waals surface area contributed by atoms with E-state index in [1.54, 1.807) is 0 Å². The first-order chi connectivity index (χ1) is 5.72. The SMILES string of the molecule is O=C1CCC(NC(=O)CCl)CN1. The number of carbonyl (C=O) groups excluding carboxylic acids is 2. The van der Waals surface area contributed by atoms with Gasteiger partial charge in [-0.25, -0.2) is 0 Å². The summed E-state index contributed by atoms with van der Waals surface area (Å²) in [6.45, 7) is 0.515. The number of alkyl halides is 1. The highest BCUT2D eigenvalue weighted by atomic mass is 35.5. The van der Waals surface area contributed by atoms with E-state index < -0.39 is 0 Å². The summed E-state index contributed by atoms with van der Waals surface area (Å²) in [7, 11) is 0. The summed E-state index contributed by atoms with van der Waals surface area (Å²) in [4.78, 5) is 21.5. The number of rotatable bonds is 2. The fraction of sp³-hybridized carbons (Fsp3) is 0.714. The largest absolute Gasteiger partial charge is 0.354 e. The Labute approximate surface area is 75.6 Å². The molecule has 1 atom stereocenters. The summed E-state index contributed by atoms with van der Waals surface area (Å²) >= 11 is 5.30. The highest BCUT2D eigenvalue weighted by Gasteiger charge is 2.18. The van der Waals surface area contributed by atoms with Gasteiger partial charge in [0.2, 0.25) is 11.8 Å². The molecule has 2 N–H and O–H groups in total. The molecule has 1 aliphatic rings. The molecule has 1 heterocycles. The molecule has 5 heteroatoms. The van der Waals surface area contributed by atoms with Crippen molar-refractivity contribution in [2.24, 2.45) is 0 Å². The second-order valence-electron chi connectivity index (χ2n) is 2.74. The van der Waals surface area contributed by atoms with Gasteiger partial charge in [-0.2, -0.15) is 0 Å². The number of halogens is 1. The normalized spacial score (nSPS) is 23.1. The van der Waals surface area contributed by atoms with Gasteiger partial charge in [0.15, 0.2) is 0 Å². The maximum atomic E-state index is 10.8. The maximum Gasteiger partial charge on any atom is 0.235 e. The van der Waals surface area contributed by atoms with Gasteiger partial charge in [-0.3, -0.25) is 9.59 Å². The van der Waals surface area contributed by atoms with Crippen molar-refractivity contribution in [1.29, 1.82) is 0 Å². The van der Waals surface area contributed by atoms with E-state index in [0.29, 0.717) is 19.4 Å². The highest BCUT2D eigenvalue weighted by molar-refractivity contribution is 6.27. The molecule has 1 rings (SSSR count). The van der Waals surface area contributed by atoms with E-state index in [0.717, 1.165) is 0 Å². The standard InChI is InChI=1S/C7H11ClN2O2/c8-3-7(12)10-5-1-2-6(11)9-4-5/h5H,1-4H2,(H,9,11)(H,10,12). The molecular formula is C7H11ClN2O2. The molecule has 0 bridgehead atoms. The summed E-state index contributed by atoms with van der Waals surface area (Å²) in [6, 6.07) is 0.0500. The second-order valence-corrected chi connectivity index (χ2v) is 3.01. The first-order valence-corrected chi connectivity index (χ1v) is 4.38. The lowest BCUT2D eigenvalue weighted by Crippen LogP contribution is -2.48. The van der Waals surface area contributed by atoms with Crippen molar-refractivity contribution in [3.63, 3.8) is 0 Å². The van der Waals surface area contributed by atoms with Gasteiger partial charge in [0.25, 0.3) is 0 Å². The summed E-state index contributed by atoms with van der Waals surface area (Å²) in [5.41, 5.74) is 0. The molecule has 0 aromatic rings. The van der Waals surface area contributed by atoms with E-state index in [2.05, 4.69) is 10.6 Å². The fourth-order valence-electron chi connectivity index (χ4n) is 1.12. The smallest absolute Gasteiger partial charge is 0.235 e. The van der Waals surface area contributed by atoms with Crippen molar-refractivity contribution in [3.8, 4) is 0 Å². The van der Waals surface area contributed by atoms with Crippen molar-refractivity contribution < 1.29 is 9.59 Å². The molecule has 2 amide bonds. The van der Waals surface area contributed by atoms with Crippen LogP contribution >= 0.6 is 11.6 Å². The summed E-state index contributed by atoms with van der Waals surface area (Å²) in [6.07, 6.45) is 1.18. The number of hydrogen-bond donors (Lipinski definition) is 2. The molecule has 1 fully saturated rings. The topological polar surface area (TPSA) is 58.2 Å². The summed E-state index contributed by atoms with van der Waals surface area (Å²) < 4.78 is 0. The van der Waals surface area contributed by atoms with Crippen molar-refractivity contribution in [3.05, 3.63) is 0 Å². The molecule has 0 radical (unpaired) electrons. The molecule has 12 heavy (non-hydrogen) atoms. The van der Waals surface area contributed by atoms with Gasteiger partial charge in [0.1, 0.15) is 5.88 Å². The van der Waals surface area contributed by atoms with E-state index in [1.807, 2.05) is 0 Å². The fourth-order valence-corrected chi connectivity index (χ4v) is 1.20. The zero-order valence-electron chi connectivity index (χ0n) is 6.60.